The Bertz CT molecular complexity index is 430. The lowest BCUT2D eigenvalue weighted by atomic mass is 10.1. The van der Waals surface area contributed by atoms with Crippen molar-refractivity contribution in [2.75, 3.05) is 19.7 Å². The first-order valence-electron chi connectivity index (χ1n) is 7.33. The quantitative estimate of drug-likeness (QED) is 0.832. The summed E-state index contributed by atoms with van der Waals surface area (Å²) in [6.45, 7) is 5.62. The summed E-state index contributed by atoms with van der Waals surface area (Å²) in [6.07, 6.45) is 2.30. The van der Waals surface area contributed by atoms with Crippen LogP contribution in [0.15, 0.2) is 24.3 Å². The summed E-state index contributed by atoms with van der Waals surface area (Å²) in [5.41, 5.74) is 1.25. The highest BCUT2D eigenvalue weighted by Gasteiger charge is 2.24. The number of ether oxygens (including phenoxy) is 1. The average Bonchev–Trinajstić information content (AvgIpc) is 2.84. The number of carboxylic acid groups (broad SMARTS) is 1. The van der Waals surface area contributed by atoms with Gasteiger partial charge in [-0.3, -0.25) is 9.69 Å². The molecule has 1 fully saturated rings. The molecule has 1 saturated heterocycles. The lowest BCUT2D eigenvalue weighted by Gasteiger charge is -2.16. The van der Waals surface area contributed by atoms with E-state index in [1.807, 2.05) is 12.1 Å². The van der Waals surface area contributed by atoms with Gasteiger partial charge in [-0.2, -0.15) is 0 Å². The Morgan fingerprint density at radius 2 is 2.15 bits per heavy atom. The van der Waals surface area contributed by atoms with Crippen LogP contribution in [0.2, 0.25) is 0 Å². The zero-order valence-corrected chi connectivity index (χ0v) is 12.0. The molecule has 4 heteroatoms. The second-order valence-electron chi connectivity index (χ2n) is 5.48. The Balaban J connectivity index is 1.80. The van der Waals surface area contributed by atoms with Crippen molar-refractivity contribution in [3.8, 4) is 5.75 Å². The number of carbonyl (C=O) groups is 1. The predicted octanol–water partition coefficient (Wildman–Crippen LogP) is 2.77. The molecule has 1 heterocycles. The van der Waals surface area contributed by atoms with Crippen LogP contribution in [-0.4, -0.2) is 35.7 Å². The molecular weight excluding hydrogens is 254 g/mol. The fourth-order valence-electron chi connectivity index (χ4n) is 2.64. The van der Waals surface area contributed by atoms with Crippen molar-refractivity contribution in [1.29, 1.82) is 0 Å². The molecule has 1 aromatic carbocycles. The fourth-order valence-corrected chi connectivity index (χ4v) is 2.64. The predicted molar refractivity (Wildman–Crippen MR) is 77.9 cm³/mol. The molecule has 1 aromatic rings. The summed E-state index contributed by atoms with van der Waals surface area (Å²) in [5, 5.41) is 8.82. The van der Waals surface area contributed by atoms with Gasteiger partial charge in [-0.25, -0.2) is 0 Å². The van der Waals surface area contributed by atoms with Gasteiger partial charge in [0.05, 0.1) is 6.61 Å². The third-order valence-electron chi connectivity index (χ3n) is 3.64. The number of likely N-dealkylation sites (tertiary alicyclic amines) is 1. The average molecular weight is 277 g/mol. The highest BCUT2D eigenvalue weighted by atomic mass is 16.5. The van der Waals surface area contributed by atoms with Gasteiger partial charge < -0.3 is 9.84 Å². The van der Waals surface area contributed by atoms with E-state index in [4.69, 9.17) is 9.84 Å². The van der Waals surface area contributed by atoms with Crippen LogP contribution in [-0.2, 0) is 11.3 Å². The molecule has 2 rings (SSSR count). The molecule has 1 N–H and O–H groups in total. The smallest absolute Gasteiger partial charge is 0.303 e. The number of hydrogen-bond acceptors (Lipinski definition) is 3. The van der Waals surface area contributed by atoms with Crippen molar-refractivity contribution < 1.29 is 14.6 Å². The monoisotopic (exact) mass is 277 g/mol. The first-order valence-corrected chi connectivity index (χ1v) is 7.33. The molecule has 1 aliphatic heterocycles. The van der Waals surface area contributed by atoms with Gasteiger partial charge in [0.1, 0.15) is 5.75 Å². The maximum atomic E-state index is 10.7. The lowest BCUT2D eigenvalue weighted by molar-refractivity contribution is -0.138. The Hall–Kier alpha value is -1.55. The van der Waals surface area contributed by atoms with Gasteiger partial charge in [0.2, 0.25) is 0 Å². The Morgan fingerprint density at radius 1 is 1.40 bits per heavy atom. The van der Waals surface area contributed by atoms with Gasteiger partial charge in [-0.15, -0.1) is 0 Å². The topological polar surface area (TPSA) is 49.8 Å². The van der Waals surface area contributed by atoms with Crippen LogP contribution in [0.1, 0.15) is 31.7 Å². The van der Waals surface area contributed by atoms with Gasteiger partial charge in [0, 0.05) is 19.5 Å². The number of aliphatic carboxylic acids is 1. The molecule has 0 bridgehead atoms. The lowest BCUT2D eigenvalue weighted by Crippen LogP contribution is -2.20. The highest BCUT2D eigenvalue weighted by Crippen LogP contribution is 2.22. The summed E-state index contributed by atoms with van der Waals surface area (Å²) in [7, 11) is 0. The molecular formula is C16H23NO3. The second-order valence-corrected chi connectivity index (χ2v) is 5.48. The molecule has 4 nitrogen and oxygen atoms in total. The molecule has 20 heavy (non-hydrogen) atoms. The first kappa shape index (κ1) is 14.9. The third-order valence-corrected chi connectivity index (χ3v) is 3.64. The van der Waals surface area contributed by atoms with Crippen molar-refractivity contribution in [3.63, 3.8) is 0 Å². The van der Waals surface area contributed by atoms with Crippen molar-refractivity contribution >= 4 is 5.97 Å². The minimum atomic E-state index is -0.686. The molecule has 0 spiro atoms. The summed E-state index contributed by atoms with van der Waals surface area (Å²) in [6, 6.07) is 8.20. The van der Waals surface area contributed by atoms with Crippen LogP contribution in [0.25, 0.3) is 0 Å². The molecule has 0 radical (unpaired) electrons. The van der Waals surface area contributed by atoms with Crippen LogP contribution in [0.3, 0.4) is 0 Å². The highest BCUT2D eigenvalue weighted by molar-refractivity contribution is 5.67. The largest absolute Gasteiger partial charge is 0.494 e. The molecule has 1 unspecified atom stereocenters. The van der Waals surface area contributed by atoms with E-state index in [1.165, 1.54) is 5.56 Å². The zero-order chi connectivity index (χ0) is 14.4. The number of benzene rings is 1. The number of hydrogen-bond donors (Lipinski definition) is 1. The van der Waals surface area contributed by atoms with Gasteiger partial charge in [0.25, 0.3) is 0 Å². The van der Waals surface area contributed by atoms with Crippen LogP contribution < -0.4 is 4.74 Å². The molecule has 0 aliphatic carbocycles. The van der Waals surface area contributed by atoms with Gasteiger partial charge in [-0.05, 0) is 43.0 Å². The van der Waals surface area contributed by atoms with Crippen LogP contribution in [0.5, 0.6) is 5.75 Å². The van der Waals surface area contributed by atoms with E-state index in [1.54, 1.807) is 0 Å². The minimum Gasteiger partial charge on any atom is -0.494 e. The van der Waals surface area contributed by atoms with Gasteiger partial charge >= 0.3 is 5.97 Å². The zero-order valence-electron chi connectivity index (χ0n) is 12.0. The number of carboxylic acids is 1. The Kier molecular flexibility index (Phi) is 5.41. The van der Waals surface area contributed by atoms with E-state index >= 15 is 0 Å². The molecule has 110 valence electrons. The summed E-state index contributed by atoms with van der Waals surface area (Å²) >= 11 is 0. The van der Waals surface area contributed by atoms with Gasteiger partial charge in [0.15, 0.2) is 0 Å². The molecule has 1 aliphatic rings. The van der Waals surface area contributed by atoms with E-state index in [0.717, 1.165) is 44.8 Å². The second kappa shape index (κ2) is 7.29. The van der Waals surface area contributed by atoms with Crippen molar-refractivity contribution in [3.05, 3.63) is 29.8 Å². The Morgan fingerprint density at radius 3 is 2.80 bits per heavy atom. The maximum absolute atomic E-state index is 10.7. The maximum Gasteiger partial charge on any atom is 0.303 e. The SMILES string of the molecule is CCCOc1ccc(CN2CCC(CC(=O)O)C2)cc1. The summed E-state index contributed by atoms with van der Waals surface area (Å²) in [5.74, 6) is 0.537. The van der Waals surface area contributed by atoms with Crippen molar-refractivity contribution in [1.82, 2.24) is 4.90 Å². The number of rotatable bonds is 7. The fraction of sp³-hybridized carbons (Fsp3) is 0.562. The number of nitrogens with zero attached hydrogens (tertiary/aromatic N) is 1. The Labute approximate surface area is 120 Å². The van der Waals surface area contributed by atoms with Crippen molar-refractivity contribution in [2.45, 2.75) is 32.7 Å². The van der Waals surface area contributed by atoms with Crippen LogP contribution in [0, 0.1) is 5.92 Å². The van der Waals surface area contributed by atoms with Crippen LogP contribution >= 0.6 is 0 Å². The third kappa shape index (κ3) is 4.53. The van der Waals surface area contributed by atoms with Gasteiger partial charge in [-0.1, -0.05) is 19.1 Å². The van der Waals surface area contributed by atoms with Crippen LogP contribution in [0.4, 0.5) is 0 Å². The summed E-state index contributed by atoms with van der Waals surface area (Å²) in [4.78, 5) is 13.0. The molecule has 0 amide bonds. The molecule has 0 saturated carbocycles. The first-order chi connectivity index (χ1) is 9.67. The minimum absolute atomic E-state index is 0.292. The van der Waals surface area contributed by atoms with E-state index in [0.29, 0.717) is 12.3 Å². The van der Waals surface area contributed by atoms with E-state index in [9.17, 15) is 4.79 Å². The van der Waals surface area contributed by atoms with E-state index < -0.39 is 5.97 Å². The molecule has 1 atom stereocenters. The standard InChI is InChI=1S/C16H23NO3/c1-2-9-20-15-5-3-13(4-6-15)11-17-8-7-14(12-17)10-16(18)19/h3-6,14H,2,7-12H2,1H3,(H,18,19). The normalized spacial score (nSPS) is 19.1. The van der Waals surface area contributed by atoms with E-state index in [2.05, 4.69) is 24.0 Å². The molecule has 0 aromatic heterocycles. The summed E-state index contributed by atoms with van der Waals surface area (Å²) < 4.78 is 5.56. The van der Waals surface area contributed by atoms with E-state index in [-0.39, 0.29) is 0 Å². The van der Waals surface area contributed by atoms with Crippen molar-refractivity contribution in [2.24, 2.45) is 5.92 Å².